The van der Waals surface area contributed by atoms with E-state index in [4.69, 9.17) is 0 Å². The molecule has 0 spiro atoms. The summed E-state index contributed by atoms with van der Waals surface area (Å²) in [6.07, 6.45) is 2.81. The number of carbonyl (C=O) groups is 1. The van der Waals surface area contributed by atoms with Gasteiger partial charge in [-0.2, -0.15) is 5.26 Å². The Morgan fingerprint density at radius 3 is 2.67 bits per heavy atom. The van der Waals surface area contributed by atoms with Crippen LogP contribution in [0.5, 0.6) is 0 Å². The molecule has 112 valence electrons. The van der Waals surface area contributed by atoms with Crippen molar-refractivity contribution >= 4 is 5.91 Å². The van der Waals surface area contributed by atoms with Crippen LogP contribution < -0.4 is 5.32 Å². The van der Waals surface area contributed by atoms with Crippen molar-refractivity contribution in [1.29, 1.82) is 5.26 Å². The van der Waals surface area contributed by atoms with Crippen molar-refractivity contribution in [2.24, 2.45) is 5.92 Å². The first-order valence-corrected chi connectivity index (χ1v) is 7.10. The van der Waals surface area contributed by atoms with Crippen LogP contribution in [0.25, 0.3) is 0 Å². The smallest absolute Gasteiger partial charge is 0.225 e. The molecule has 1 aliphatic carbocycles. The number of rotatable bonds is 3. The van der Waals surface area contributed by atoms with Gasteiger partial charge in [-0.25, -0.2) is 8.78 Å². The second-order valence-corrected chi connectivity index (χ2v) is 5.84. The fourth-order valence-corrected chi connectivity index (χ4v) is 2.67. The highest BCUT2D eigenvalue weighted by Gasteiger charge is 2.35. The Balaban J connectivity index is 2.02. The zero-order valence-corrected chi connectivity index (χ0v) is 12.0. The third-order valence-corrected chi connectivity index (χ3v) is 4.09. The van der Waals surface area contributed by atoms with E-state index in [1.807, 2.05) is 0 Å². The first kappa shape index (κ1) is 15.4. The molecule has 0 unspecified atom stereocenters. The van der Waals surface area contributed by atoms with E-state index < -0.39 is 23.1 Å². The van der Waals surface area contributed by atoms with Crippen LogP contribution in [0.1, 0.15) is 38.2 Å². The Morgan fingerprint density at radius 2 is 2.10 bits per heavy atom. The van der Waals surface area contributed by atoms with Crippen molar-refractivity contribution in [3.05, 3.63) is 35.4 Å². The highest BCUT2D eigenvalue weighted by Crippen LogP contribution is 2.31. The zero-order valence-electron chi connectivity index (χ0n) is 12.0. The molecule has 0 saturated heterocycles. The summed E-state index contributed by atoms with van der Waals surface area (Å²) >= 11 is 0. The van der Waals surface area contributed by atoms with Gasteiger partial charge in [0, 0.05) is 6.07 Å². The maximum atomic E-state index is 13.5. The fraction of sp³-hybridized carbons (Fsp3) is 0.500. The largest absolute Gasteiger partial charge is 0.338 e. The molecular formula is C16H18F2N2O. The van der Waals surface area contributed by atoms with Gasteiger partial charge in [0.05, 0.1) is 12.5 Å². The molecule has 1 aromatic rings. The van der Waals surface area contributed by atoms with Gasteiger partial charge < -0.3 is 5.32 Å². The first-order chi connectivity index (χ1) is 9.94. The van der Waals surface area contributed by atoms with E-state index in [2.05, 4.69) is 18.3 Å². The lowest BCUT2D eigenvalue weighted by atomic mass is 9.78. The van der Waals surface area contributed by atoms with Crippen molar-refractivity contribution < 1.29 is 13.6 Å². The van der Waals surface area contributed by atoms with E-state index >= 15 is 0 Å². The summed E-state index contributed by atoms with van der Waals surface area (Å²) in [4.78, 5) is 12.0. The molecule has 1 N–H and O–H groups in total. The SMILES string of the molecule is CC1CCC(C#N)(NC(=O)Cc2ccc(F)cc2F)CC1. The Labute approximate surface area is 123 Å². The molecule has 0 atom stereocenters. The van der Waals surface area contributed by atoms with Gasteiger partial charge in [0.25, 0.3) is 0 Å². The number of amides is 1. The molecule has 0 aromatic heterocycles. The molecule has 0 bridgehead atoms. The molecule has 1 fully saturated rings. The summed E-state index contributed by atoms with van der Waals surface area (Å²) in [5, 5.41) is 12.1. The van der Waals surface area contributed by atoms with Gasteiger partial charge >= 0.3 is 0 Å². The number of carbonyl (C=O) groups excluding carboxylic acids is 1. The van der Waals surface area contributed by atoms with Gasteiger partial charge in [-0.3, -0.25) is 4.79 Å². The average Bonchev–Trinajstić information content (AvgIpc) is 2.45. The summed E-state index contributed by atoms with van der Waals surface area (Å²) in [6.45, 7) is 2.12. The maximum absolute atomic E-state index is 13.5. The quantitative estimate of drug-likeness (QED) is 0.930. The number of nitriles is 1. The van der Waals surface area contributed by atoms with E-state index in [0.29, 0.717) is 18.8 Å². The van der Waals surface area contributed by atoms with Crippen molar-refractivity contribution in [2.75, 3.05) is 0 Å². The summed E-state index contributed by atoms with van der Waals surface area (Å²) in [6, 6.07) is 5.32. The first-order valence-electron chi connectivity index (χ1n) is 7.10. The molecule has 1 aliphatic rings. The molecule has 1 aromatic carbocycles. The fourth-order valence-electron chi connectivity index (χ4n) is 2.67. The number of nitrogens with zero attached hydrogens (tertiary/aromatic N) is 1. The molecule has 0 radical (unpaired) electrons. The highest BCUT2D eigenvalue weighted by molar-refractivity contribution is 5.79. The molecule has 0 heterocycles. The Morgan fingerprint density at radius 1 is 1.43 bits per heavy atom. The van der Waals surface area contributed by atoms with E-state index in [1.165, 1.54) is 6.07 Å². The van der Waals surface area contributed by atoms with Crippen molar-refractivity contribution in [1.82, 2.24) is 5.32 Å². The van der Waals surface area contributed by atoms with Crippen LogP contribution in [0.15, 0.2) is 18.2 Å². The lowest BCUT2D eigenvalue weighted by Crippen LogP contribution is -2.50. The van der Waals surface area contributed by atoms with E-state index in [-0.39, 0.29) is 12.0 Å². The number of hydrogen-bond acceptors (Lipinski definition) is 2. The van der Waals surface area contributed by atoms with E-state index in [9.17, 15) is 18.8 Å². The Hall–Kier alpha value is -1.96. The number of halogens is 2. The van der Waals surface area contributed by atoms with Crippen LogP contribution in [0.3, 0.4) is 0 Å². The van der Waals surface area contributed by atoms with Crippen LogP contribution in [-0.2, 0) is 11.2 Å². The summed E-state index contributed by atoms with van der Waals surface area (Å²) < 4.78 is 26.4. The molecule has 1 saturated carbocycles. The van der Waals surface area contributed by atoms with Crippen LogP contribution >= 0.6 is 0 Å². The monoisotopic (exact) mass is 292 g/mol. The molecule has 5 heteroatoms. The normalized spacial score (nSPS) is 25.1. The minimum atomic E-state index is -0.847. The zero-order chi connectivity index (χ0) is 15.5. The standard InChI is InChI=1S/C16H18F2N2O/c1-11-4-6-16(10-19,7-5-11)20-15(21)8-12-2-3-13(17)9-14(12)18/h2-3,9,11H,4-8H2,1H3,(H,20,21). The molecule has 21 heavy (non-hydrogen) atoms. The second-order valence-electron chi connectivity index (χ2n) is 5.84. The van der Waals surface area contributed by atoms with Crippen molar-refractivity contribution in [3.63, 3.8) is 0 Å². The minimum Gasteiger partial charge on any atom is -0.338 e. The average molecular weight is 292 g/mol. The van der Waals surface area contributed by atoms with Crippen LogP contribution in [0.2, 0.25) is 0 Å². The summed E-state index contributed by atoms with van der Waals surface area (Å²) in [5.41, 5.74) is -0.716. The van der Waals surface area contributed by atoms with E-state index in [1.54, 1.807) is 0 Å². The number of nitrogens with one attached hydrogen (secondary N) is 1. The lowest BCUT2D eigenvalue weighted by molar-refractivity contribution is -0.122. The Bertz CT molecular complexity index is 572. The van der Waals surface area contributed by atoms with Crippen molar-refractivity contribution in [2.45, 2.75) is 44.6 Å². The highest BCUT2D eigenvalue weighted by atomic mass is 19.1. The topological polar surface area (TPSA) is 52.9 Å². The van der Waals surface area contributed by atoms with Crippen LogP contribution in [0.4, 0.5) is 8.78 Å². The van der Waals surface area contributed by atoms with Crippen LogP contribution in [0, 0.1) is 28.9 Å². The Kier molecular flexibility index (Phi) is 4.56. The number of benzene rings is 1. The summed E-state index contributed by atoms with van der Waals surface area (Å²) in [5.74, 6) is -1.27. The van der Waals surface area contributed by atoms with Gasteiger partial charge in [0.2, 0.25) is 5.91 Å². The second kappa shape index (κ2) is 6.21. The molecular weight excluding hydrogens is 274 g/mol. The van der Waals surface area contributed by atoms with E-state index in [0.717, 1.165) is 25.0 Å². The van der Waals surface area contributed by atoms with Crippen molar-refractivity contribution in [3.8, 4) is 6.07 Å². The van der Waals surface area contributed by atoms with Gasteiger partial charge in [-0.1, -0.05) is 13.0 Å². The van der Waals surface area contributed by atoms with Gasteiger partial charge in [0.15, 0.2) is 0 Å². The molecule has 3 nitrogen and oxygen atoms in total. The van der Waals surface area contributed by atoms with Crippen LogP contribution in [-0.4, -0.2) is 11.4 Å². The predicted octanol–water partition coefficient (Wildman–Crippen LogP) is 3.10. The lowest BCUT2D eigenvalue weighted by Gasteiger charge is -2.34. The molecule has 1 amide bonds. The predicted molar refractivity (Wildman–Crippen MR) is 74.2 cm³/mol. The third-order valence-electron chi connectivity index (χ3n) is 4.09. The maximum Gasteiger partial charge on any atom is 0.225 e. The molecule has 0 aliphatic heterocycles. The van der Waals surface area contributed by atoms with Gasteiger partial charge in [0.1, 0.15) is 17.2 Å². The third kappa shape index (κ3) is 3.78. The summed E-state index contributed by atoms with van der Waals surface area (Å²) in [7, 11) is 0. The minimum absolute atomic E-state index is 0.131. The van der Waals surface area contributed by atoms with Gasteiger partial charge in [-0.05, 0) is 43.2 Å². The van der Waals surface area contributed by atoms with Gasteiger partial charge in [-0.15, -0.1) is 0 Å². The molecule has 2 rings (SSSR count). The number of hydrogen-bond donors (Lipinski definition) is 1.